The first-order chi connectivity index (χ1) is 12.6. The Morgan fingerprint density at radius 2 is 1.62 bits per heavy atom. The summed E-state index contributed by atoms with van der Waals surface area (Å²) in [6, 6.07) is 8.07. The van der Waals surface area contributed by atoms with E-state index in [1.54, 1.807) is 7.11 Å². The topological polar surface area (TPSA) is 36.9 Å². The average Bonchev–Trinajstić information content (AvgIpc) is 2.99. The van der Waals surface area contributed by atoms with Crippen molar-refractivity contribution in [2.24, 2.45) is 0 Å². The van der Waals surface area contributed by atoms with E-state index < -0.39 is 0 Å². The highest BCUT2D eigenvalue weighted by atomic mass is 16.7. The predicted octanol–water partition coefficient (Wildman–Crippen LogP) is 5.48. The van der Waals surface area contributed by atoms with E-state index in [4.69, 9.17) is 18.9 Å². The Bertz CT molecular complexity index is 483. The zero-order valence-electron chi connectivity index (χ0n) is 16.8. The lowest BCUT2D eigenvalue weighted by molar-refractivity contribution is -0.139. The van der Waals surface area contributed by atoms with Gasteiger partial charge >= 0.3 is 0 Å². The minimum atomic E-state index is -0.375. The van der Waals surface area contributed by atoms with Gasteiger partial charge in [0.25, 0.3) is 0 Å². The lowest BCUT2D eigenvalue weighted by atomic mass is 10.1. The van der Waals surface area contributed by atoms with Crippen molar-refractivity contribution in [1.29, 1.82) is 0 Å². The summed E-state index contributed by atoms with van der Waals surface area (Å²) in [5.74, 6) is 0.516. The van der Waals surface area contributed by atoms with Crippen LogP contribution in [-0.4, -0.2) is 32.2 Å². The molecule has 2 rings (SSSR count). The van der Waals surface area contributed by atoms with Gasteiger partial charge in [0.2, 0.25) is 0 Å². The Kier molecular flexibility index (Phi) is 9.44. The molecule has 0 spiro atoms. The standard InChI is InChI=1S/C22H36O4/c1-22(2)25-18-21(26-22)11-9-7-5-4-6-8-10-16-24-17-19-12-14-20(23-3)15-13-19/h12-15,21H,4-11,16-18H2,1-3H3. The molecule has 0 aliphatic carbocycles. The molecule has 1 unspecified atom stereocenters. The average molecular weight is 365 g/mol. The maximum absolute atomic E-state index is 5.83. The Morgan fingerprint density at radius 3 is 2.23 bits per heavy atom. The van der Waals surface area contributed by atoms with Crippen LogP contribution in [0.3, 0.4) is 0 Å². The van der Waals surface area contributed by atoms with Crippen molar-refractivity contribution < 1.29 is 18.9 Å². The molecule has 1 atom stereocenters. The molecule has 4 heteroatoms. The number of benzene rings is 1. The number of hydrogen-bond acceptors (Lipinski definition) is 4. The second-order valence-electron chi connectivity index (χ2n) is 7.61. The third-order valence-electron chi connectivity index (χ3n) is 4.81. The third-order valence-corrected chi connectivity index (χ3v) is 4.81. The maximum Gasteiger partial charge on any atom is 0.163 e. The van der Waals surface area contributed by atoms with Gasteiger partial charge in [-0.25, -0.2) is 0 Å². The molecule has 0 aromatic heterocycles. The molecule has 0 amide bonds. The van der Waals surface area contributed by atoms with Gasteiger partial charge in [-0.2, -0.15) is 0 Å². The van der Waals surface area contributed by atoms with Gasteiger partial charge in [-0.3, -0.25) is 0 Å². The molecule has 4 nitrogen and oxygen atoms in total. The second-order valence-corrected chi connectivity index (χ2v) is 7.61. The number of methoxy groups -OCH3 is 1. The molecule has 1 aromatic rings. The van der Waals surface area contributed by atoms with E-state index in [2.05, 4.69) is 12.1 Å². The predicted molar refractivity (Wildman–Crippen MR) is 104 cm³/mol. The Morgan fingerprint density at radius 1 is 0.962 bits per heavy atom. The van der Waals surface area contributed by atoms with Gasteiger partial charge in [0.15, 0.2) is 5.79 Å². The molecule has 0 radical (unpaired) electrons. The smallest absolute Gasteiger partial charge is 0.163 e. The molecule has 1 aliphatic rings. The molecule has 1 heterocycles. The van der Waals surface area contributed by atoms with Crippen LogP contribution < -0.4 is 4.74 Å². The fourth-order valence-electron chi connectivity index (χ4n) is 3.28. The van der Waals surface area contributed by atoms with Crippen LogP contribution in [0.4, 0.5) is 0 Å². The Balaban J connectivity index is 1.35. The summed E-state index contributed by atoms with van der Waals surface area (Å²) in [4.78, 5) is 0. The van der Waals surface area contributed by atoms with Gasteiger partial charge in [-0.05, 0) is 44.4 Å². The minimum absolute atomic E-state index is 0.299. The van der Waals surface area contributed by atoms with E-state index in [-0.39, 0.29) is 5.79 Å². The summed E-state index contributed by atoms with van der Waals surface area (Å²) >= 11 is 0. The van der Waals surface area contributed by atoms with Crippen molar-refractivity contribution in [3.8, 4) is 5.75 Å². The van der Waals surface area contributed by atoms with E-state index in [1.807, 2.05) is 26.0 Å². The Labute approximate surface area is 159 Å². The van der Waals surface area contributed by atoms with E-state index in [9.17, 15) is 0 Å². The number of rotatable bonds is 13. The van der Waals surface area contributed by atoms with E-state index in [0.717, 1.165) is 31.8 Å². The van der Waals surface area contributed by atoms with E-state index in [1.165, 1.54) is 44.1 Å². The first kappa shape index (κ1) is 21.2. The van der Waals surface area contributed by atoms with Crippen LogP contribution in [0.25, 0.3) is 0 Å². The van der Waals surface area contributed by atoms with Crippen LogP contribution in [0.15, 0.2) is 24.3 Å². The summed E-state index contributed by atoms with van der Waals surface area (Å²) in [5, 5.41) is 0. The normalized spacial score (nSPS) is 19.0. The second kappa shape index (κ2) is 11.6. The van der Waals surface area contributed by atoms with Gasteiger partial charge in [0.05, 0.1) is 26.4 Å². The Hall–Kier alpha value is -1.10. The molecule has 0 N–H and O–H groups in total. The van der Waals surface area contributed by atoms with Gasteiger partial charge in [0.1, 0.15) is 5.75 Å². The zero-order chi connectivity index (χ0) is 18.7. The SMILES string of the molecule is COc1ccc(COCCCCCCCCCC2COC(C)(C)O2)cc1. The van der Waals surface area contributed by atoms with Crippen LogP contribution in [0.1, 0.15) is 70.8 Å². The molecule has 26 heavy (non-hydrogen) atoms. The number of unbranched alkanes of at least 4 members (excludes halogenated alkanes) is 6. The van der Waals surface area contributed by atoms with Gasteiger partial charge in [-0.1, -0.05) is 50.7 Å². The molecule has 0 saturated carbocycles. The van der Waals surface area contributed by atoms with Crippen LogP contribution in [0.2, 0.25) is 0 Å². The molecular formula is C22H36O4. The third kappa shape index (κ3) is 8.52. The van der Waals surface area contributed by atoms with Crippen LogP contribution in [0, 0.1) is 0 Å². The molecule has 0 bridgehead atoms. The van der Waals surface area contributed by atoms with Crippen molar-refractivity contribution in [1.82, 2.24) is 0 Å². The van der Waals surface area contributed by atoms with Gasteiger partial charge < -0.3 is 18.9 Å². The molecule has 1 aliphatic heterocycles. The van der Waals surface area contributed by atoms with Crippen LogP contribution >= 0.6 is 0 Å². The molecular weight excluding hydrogens is 328 g/mol. The quantitative estimate of drug-likeness (QED) is 0.434. The monoisotopic (exact) mass is 364 g/mol. The van der Waals surface area contributed by atoms with E-state index in [0.29, 0.717) is 12.7 Å². The van der Waals surface area contributed by atoms with Crippen molar-refractivity contribution >= 4 is 0 Å². The highest BCUT2D eigenvalue weighted by Gasteiger charge is 2.31. The van der Waals surface area contributed by atoms with Crippen molar-refractivity contribution in [2.45, 2.75) is 83.7 Å². The summed E-state index contributed by atoms with van der Waals surface area (Å²) in [6.45, 7) is 6.28. The molecule has 1 fully saturated rings. The van der Waals surface area contributed by atoms with Crippen LogP contribution in [-0.2, 0) is 20.8 Å². The largest absolute Gasteiger partial charge is 0.497 e. The van der Waals surface area contributed by atoms with Crippen molar-refractivity contribution in [3.63, 3.8) is 0 Å². The lowest BCUT2D eigenvalue weighted by Gasteiger charge is -2.16. The summed E-state index contributed by atoms with van der Waals surface area (Å²) in [5.41, 5.74) is 1.20. The lowest BCUT2D eigenvalue weighted by Crippen LogP contribution is -2.21. The van der Waals surface area contributed by atoms with Gasteiger partial charge in [-0.15, -0.1) is 0 Å². The zero-order valence-corrected chi connectivity index (χ0v) is 16.8. The highest BCUT2D eigenvalue weighted by Crippen LogP contribution is 2.25. The maximum atomic E-state index is 5.83. The molecule has 1 saturated heterocycles. The summed E-state index contributed by atoms with van der Waals surface area (Å²) in [6.07, 6.45) is 10.3. The van der Waals surface area contributed by atoms with E-state index >= 15 is 0 Å². The fraction of sp³-hybridized carbons (Fsp3) is 0.727. The summed E-state index contributed by atoms with van der Waals surface area (Å²) in [7, 11) is 1.69. The number of ether oxygens (including phenoxy) is 4. The number of hydrogen-bond donors (Lipinski definition) is 0. The van der Waals surface area contributed by atoms with Gasteiger partial charge in [0, 0.05) is 6.61 Å². The van der Waals surface area contributed by atoms with Crippen molar-refractivity contribution in [3.05, 3.63) is 29.8 Å². The molecule has 148 valence electrons. The fourth-order valence-corrected chi connectivity index (χ4v) is 3.28. The van der Waals surface area contributed by atoms with Crippen LogP contribution in [0.5, 0.6) is 5.75 Å². The first-order valence-corrected chi connectivity index (χ1v) is 10.1. The van der Waals surface area contributed by atoms with Crippen molar-refractivity contribution in [2.75, 3.05) is 20.3 Å². The summed E-state index contributed by atoms with van der Waals surface area (Å²) < 4.78 is 22.3. The minimum Gasteiger partial charge on any atom is -0.497 e. The first-order valence-electron chi connectivity index (χ1n) is 10.1. The highest BCUT2D eigenvalue weighted by molar-refractivity contribution is 5.26. The molecule has 1 aromatic carbocycles.